The molecule has 0 fully saturated rings. The van der Waals surface area contributed by atoms with Gasteiger partial charge >= 0.3 is 0 Å². The summed E-state index contributed by atoms with van der Waals surface area (Å²) in [6.07, 6.45) is 2.87. The van der Waals surface area contributed by atoms with Gasteiger partial charge in [-0.1, -0.05) is 12.5 Å². The van der Waals surface area contributed by atoms with E-state index in [0.29, 0.717) is 25.1 Å². The van der Waals surface area contributed by atoms with Crippen LogP contribution in [0.3, 0.4) is 0 Å². The lowest BCUT2D eigenvalue weighted by atomic mass is 10.1. The van der Waals surface area contributed by atoms with E-state index in [2.05, 4.69) is 16.0 Å². The molecule has 1 rings (SSSR count). The van der Waals surface area contributed by atoms with Crippen molar-refractivity contribution in [3.63, 3.8) is 0 Å². The molecule has 0 aromatic heterocycles. The molecule has 0 heterocycles. The molecule has 0 unspecified atom stereocenters. The third kappa shape index (κ3) is 8.83. The van der Waals surface area contributed by atoms with Gasteiger partial charge in [0.2, 0.25) is 11.8 Å². The second-order valence-corrected chi connectivity index (χ2v) is 5.86. The van der Waals surface area contributed by atoms with Crippen molar-refractivity contribution in [2.45, 2.75) is 39.5 Å². The summed E-state index contributed by atoms with van der Waals surface area (Å²) >= 11 is 0. The Morgan fingerprint density at radius 1 is 0.960 bits per heavy atom. The third-order valence-corrected chi connectivity index (χ3v) is 3.62. The molecule has 0 aliphatic carbocycles. The third-order valence-electron chi connectivity index (χ3n) is 3.62. The molecule has 0 saturated carbocycles. The average Bonchev–Trinajstić information content (AvgIpc) is 2.56. The highest BCUT2D eigenvalue weighted by molar-refractivity contribution is 5.94. The minimum Gasteiger partial charge on any atom is -0.356 e. The molecular weight excluding hydrogens is 325 g/mol. The number of hydrogen-bond acceptors (Lipinski definition) is 3. The molecule has 0 spiro atoms. The molecule has 3 amide bonds. The monoisotopic (exact) mass is 351 g/mol. The molecule has 25 heavy (non-hydrogen) atoms. The van der Waals surface area contributed by atoms with Crippen LogP contribution in [0.25, 0.3) is 0 Å². The predicted octanol–water partition coefficient (Wildman–Crippen LogP) is 1.68. The van der Waals surface area contributed by atoms with Crippen molar-refractivity contribution < 1.29 is 18.8 Å². The van der Waals surface area contributed by atoms with Crippen molar-refractivity contribution in [2.75, 3.05) is 19.6 Å². The number of aryl methyl sites for hydroxylation is 1. The van der Waals surface area contributed by atoms with Crippen LogP contribution in [-0.4, -0.2) is 37.4 Å². The Bertz CT molecular complexity index is 605. The van der Waals surface area contributed by atoms with Crippen LogP contribution in [0.15, 0.2) is 18.2 Å². The van der Waals surface area contributed by atoms with Crippen molar-refractivity contribution >= 4 is 17.7 Å². The van der Waals surface area contributed by atoms with Crippen LogP contribution in [0.4, 0.5) is 4.39 Å². The van der Waals surface area contributed by atoms with Crippen molar-refractivity contribution in [1.29, 1.82) is 0 Å². The van der Waals surface area contributed by atoms with Crippen LogP contribution in [-0.2, 0) is 9.59 Å². The van der Waals surface area contributed by atoms with Gasteiger partial charge < -0.3 is 16.0 Å². The molecule has 0 radical (unpaired) electrons. The zero-order valence-corrected chi connectivity index (χ0v) is 14.8. The van der Waals surface area contributed by atoms with Gasteiger partial charge in [-0.05, 0) is 37.5 Å². The molecular formula is C18H26FN3O3. The summed E-state index contributed by atoms with van der Waals surface area (Å²) in [4.78, 5) is 34.2. The lowest BCUT2D eigenvalue weighted by Crippen LogP contribution is -2.34. The van der Waals surface area contributed by atoms with Gasteiger partial charge in [0.25, 0.3) is 5.91 Å². The summed E-state index contributed by atoms with van der Waals surface area (Å²) < 4.78 is 13.4. The normalized spacial score (nSPS) is 10.2. The molecule has 0 aliphatic rings. The van der Waals surface area contributed by atoms with E-state index in [0.717, 1.165) is 19.3 Å². The molecule has 138 valence electrons. The number of benzene rings is 1. The molecule has 3 N–H and O–H groups in total. The van der Waals surface area contributed by atoms with Gasteiger partial charge in [0, 0.05) is 38.5 Å². The Morgan fingerprint density at radius 3 is 2.36 bits per heavy atom. The zero-order chi connectivity index (χ0) is 18.7. The summed E-state index contributed by atoms with van der Waals surface area (Å²) in [5.41, 5.74) is 0.745. The fourth-order valence-corrected chi connectivity index (χ4v) is 2.15. The standard InChI is InChI=1S/C18H26FN3O3/c1-13-7-8-15(12-16(13)19)18(25)22-11-10-21-17(24)6-4-3-5-9-20-14(2)23/h7-8,12H,3-6,9-11H2,1-2H3,(H,20,23)(H,21,24)(H,22,25). The zero-order valence-electron chi connectivity index (χ0n) is 14.8. The van der Waals surface area contributed by atoms with E-state index in [1.807, 2.05) is 0 Å². The Labute approximate surface area is 147 Å². The summed E-state index contributed by atoms with van der Waals surface area (Å²) in [6, 6.07) is 4.31. The van der Waals surface area contributed by atoms with Crippen molar-refractivity contribution in [3.05, 3.63) is 35.1 Å². The Balaban J connectivity index is 2.10. The number of amides is 3. The van der Waals surface area contributed by atoms with E-state index in [9.17, 15) is 18.8 Å². The molecule has 1 aromatic rings. The number of carbonyl (C=O) groups excluding carboxylic acids is 3. The second kappa shape index (κ2) is 11.2. The number of nitrogens with one attached hydrogen (secondary N) is 3. The van der Waals surface area contributed by atoms with E-state index in [1.54, 1.807) is 19.1 Å². The van der Waals surface area contributed by atoms with Gasteiger partial charge in [-0.2, -0.15) is 0 Å². The smallest absolute Gasteiger partial charge is 0.251 e. The van der Waals surface area contributed by atoms with Gasteiger partial charge in [0.15, 0.2) is 0 Å². The minimum absolute atomic E-state index is 0.0480. The lowest BCUT2D eigenvalue weighted by molar-refractivity contribution is -0.121. The fraction of sp³-hybridized carbons (Fsp3) is 0.500. The maximum atomic E-state index is 13.4. The van der Waals surface area contributed by atoms with Gasteiger partial charge in [0.05, 0.1) is 0 Å². The fourth-order valence-electron chi connectivity index (χ4n) is 2.15. The van der Waals surface area contributed by atoms with E-state index in [-0.39, 0.29) is 29.8 Å². The highest BCUT2D eigenvalue weighted by atomic mass is 19.1. The Hall–Kier alpha value is -2.44. The van der Waals surface area contributed by atoms with E-state index < -0.39 is 5.82 Å². The second-order valence-electron chi connectivity index (χ2n) is 5.86. The molecule has 1 aromatic carbocycles. The van der Waals surface area contributed by atoms with Crippen LogP contribution in [0.1, 0.15) is 48.5 Å². The van der Waals surface area contributed by atoms with Crippen LogP contribution in [0.2, 0.25) is 0 Å². The molecule has 0 bridgehead atoms. The number of rotatable bonds is 10. The maximum Gasteiger partial charge on any atom is 0.251 e. The van der Waals surface area contributed by atoms with Gasteiger partial charge in [-0.15, -0.1) is 0 Å². The van der Waals surface area contributed by atoms with Crippen LogP contribution in [0.5, 0.6) is 0 Å². The first-order chi connectivity index (χ1) is 11.9. The van der Waals surface area contributed by atoms with Crippen LogP contribution >= 0.6 is 0 Å². The average molecular weight is 351 g/mol. The highest BCUT2D eigenvalue weighted by Crippen LogP contribution is 2.08. The first-order valence-electron chi connectivity index (χ1n) is 8.45. The lowest BCUT2D eigenvalue weighted by Gasteiger charge is -2.08. The number of halogens is 1. The van der Waals surface area contributed by atoms with Gasteiger partial charge in [-0.3, -0.25) is 14.4 Å². The topological polar surface area (TPSA) is 87.3 Å². The van der Waals surface area contributed by atoms with Crippen molar-refractivity contribution in [2.24, 2.45) is 0 Å². The molecule has 7 heteroatoms. The maximum absolute atomic E-state index is 13.4. The summed E-state index contributed by atoms with van der Waals surface area (Å²) in [5.74, 6) is -0.908. The summed E-state index contributed by atoms with van der Waals surface area (Å²) in [7, 11) is 0. The van der Waals surface area contributed by atoms with E-state index in [1.165, 1.54) is 13.0 Å². The number of carbonyl (C=O) groups is 3. The number of hydrogen-bond donors (Lipinski definition) is 3. The van der Waals surface area contributed by atoms with Crippen LogP contribution in [0, 0.1) is 12.7 Å². The summed E-state index contributed by atoms with van der Waals surface area (Å²) in [6.45, 7) is 4.34. The largest absolute Gasteiger partial charge is 0.356 e. The molecule has 0 saturated heterocycles. The van der Waals surface area contributed by atoms with Crippen LogP contribution < -0.4 is 16.0 Å². The van der Waals surface area contributed by atoms with Gasteiger partial charge in [-0.25, -0.2) is 4.39 Å². The Morgan fingerprint density at radius 2 is 1.68 bits per heavy atom. The highest BCUT2D eigenvalue weighted by Gasteiger charge is 2.07. The molecule has 0 atom stereocenters. The Kier molecular flexibility index (Phi) is 9.21. The first-order valence-corrected chi connectivity index (χ1v) is 8.45. The summed E-state index contributed by atoms with van der Waals surface area (Å²) in [5, 5.41) is 8.06. The van der Waals surface area contributed by atoms with E-state index >= 15 is 0 Å². The SMILES string of the molecule is CC(=O)NCCCCCC(=O)NCCNC(=O)c1ccc(C)c(F)c1. The number of unbranched alkanes of at least 4 members (excludes halogenated alkanes) is 2. The van der Waals surface area contributed by atoms with Crippen molar-refractivity contribution in [3.8, 4) is 0 Å². The van der Waals surface area contributed by atoms with Crippen molar-refractivity contribution in [1.82, 2.24) is 16.0 Å². The van der Waals surface area contributed by atoms with E-state index in [4.69, 9.17) is 0 Å². The predicted molar refractivity (Wildman–Crippen MR) is 93.6 cm³/mol. The molecule has 6 nitrogen and oxygen atoms in total. The quantitative estimate of drug-likeness (QED) is 0.561. The first kappa shape index (κ1) is 20.6. The molecule has 0 aliphatic heterocycles. The minimum atomic E-state index is -0.417. The van der Waals surface area contributed by atoms with Gasteiger partial charge in [0.1, 0.15) is 5.82 Å².